The Morgan fingerprint density at radius 1 is 0.933 bits per heavy atom. The Hall–Kier alpha value is -3.51. The third-order valence-corrected chi connectivity index (χ3v) is 6.85. The van der Waals surface area contributed by atoms with Crippen LogP contribution in [0.25, 0.3) is 26.6 Å². The maximum Gasteiger partial charge on any atom is 0.265 e. The van der Waals surface area contributed by atoms with Gasteiger partial charge in [0.2, 0.25) is 0 Å². The molecular weight excluding hydrogens is 396 g/mol. The largest absolute Gasteiger partial charge is 0.307 e. The summed E-state index contributed by atoms with van der Waals surface area (Å²) in [4.78, 5) is 44.3. The molecule has 30 heavy (non-hydrogen) atoms. The molecule has 3 aromatic heterocycles. The van der Waals surface area contributed by atoms with Crippen LogP contribution in [-0.2, 0) is 0 Å². The SMILES string of the molecule is Cc1ccc(C(=O)c2c3ccccc3c(=O)n3c2[nH]c(=O)c2c(C)c(C)sc23)cc1. The highest BCUT2D eigenvalue weighted by Gasteiger charge is 2.23. The van der Waals surface area contributed by atoms with Gasteiger partial charge in [-0.2, -0.15) is 0 Å². The number of hydrogen-bond acceptors (Lipinski definition) is 4. The van der Waals surface area contributed by atoms with Gasteiger partial charge in [0.15, 0.2) is 5.78 Å². The van der Waals surface area contributed by atoms with Crippen LogP contribution in [0.3, 0.4) is 0 Å². The molecule has 6 heteroatoms. The van der Waals surface area contributed by atoms with Gasteiger partial charge in [-0.15, -0.1) is 11.3 Å². The van der Waals surface area contributed by atoms with E-state index in [1.165, 1.54) is 15.7 Å². The third kappa shape index (κ3) is 2.50. The molecule has 0 saturated heterocycles. The molecule has 0 aliphatic rings. The molecule has 0 bridgehead atoms. The van der Waals surface area contributed by atoms with Crippen LogP contribution < -0.4 is 11.1 Å². The number of nitrogens with zero attached hydrogens (tertiary/aromatic N) is 1. The number of pyridine rings is 1. The van der Waals surface area contributed by atoms with E-state index in [1.54, 1.807) is 36.4 Å². The monoisotopic (exact) mass is 414 g/mol. The summed E-state index contributed by atoms with van der Waals surface area (Å²) in [5, 5.41) is 1.48. The molecule has 0 amide bonds. The fourth-order valence-electron chi connectivity index (χ4n) is 3.94. The zero-order chi connectivity index (χ0) is 21.2. The van der Waals surface area contributed by atoms with Crippen molar-refractivity contribution in [1.29, 1.82) is 0 Å². The number of hydrogen-bond donors (Lipinski definition) is 1. The molecule has 2 aromatic carbocycles. The minimum atomic E-state index is -0.292. The number of benzene rings is 2. The molecule has 5 aromatic rings. The lowest BCUT2D eigenvalue weighted by Crippen LogP contribution is -2.23. The number of carbonyl (C=O) groups is 1. The van der Waals surface area contributed by atoms with Crippen molar-refractivity contribution >= 4 is 43.8 Å². The number of carbonyl (C=O) groups excluding carboxylic acids is 1. The molecule has 0 aliphatic carbocycles. The van der Waals surface area contributed by atoms with E-state index in [4.69, 9.17) is 0 Å². The van der Waals surface area contributed by atoms with Crippen molar-refractivity contribution < 1.29 is 4.79 Å². The number of aromatic amines is 1. The van der Waals surface area contributed by atoms with E-state index in [9.17, 15) is 14.4 Å². The summed E-state index contributed by atoms with van der Waals surface area (Å²) in [6.07, 6.45) is 0. The van der Waals surface area contributed by atoms with Crippen LogP contribution in [0, 0.1) is 20.8 Å². The third-order valence-electron chi connectivity index (χ3n) is 5.66. The summed E-state index contributed by atoms with van der Waals surface area (Å²) in [7, 11) is 0. The molecule has 0 spiro atoms. The van der Waals surface area contributed by atoms with Crippen molar-refractivity contribution in [3.63, 3.8) is 0 Å². The second-order valence-electron chi connectivity index (χ2n) is 7.52. The quantitative estimate of drug-likeness (QED) is 0.341. The molecular formula is C24H18N2O3S. The Morgan fingerprint density at radius 3 is 2.30 bits per heavy atom. The first-order chi connectivity index (χ1) is 14.4. The fourth-order valence-corrected chi connectivity index (χ4v) is 5.10. The predicted molar refractivity (Wildman–Crippen MR) is 121 cm³/mol. The van der Waals surface area contributed by atoms with Crippen molar-refractivity contribution in [1.82, 2.24) is 9.38 Å². The van der Waals surface area contributed by atoms with Crippen LogP contribution in [0.5, 0.6) is 0 Å². The molecule has 0 saturated carbocycles. The molecule has 0 radical (unpaired) electrons. The summed E-state index contributed by atoms with van der Waals surface area (Å²) in [5.74, 6) is -0.233. The van der Waals surface area contributed by atoms with Crippen LogP contribution in [0.15, 0.2) is 58.1 Å². The maximum absolute atomic E-state index is 13.6. The number of H-pyrrole nitrogens is 1. The maximum atomic E-state index is 13.6. The number of thiophene rings is 1. The second-order valence-corrected chi connectivity index (χ2v) is 8.73. The highest BCUT2D eigenvalue weighted by molar-refractivity contribution is 7.18. The van der Waals surface area contributed by atoms with Gasteiger partial charge in [-0.3, -0.25) is 18.8 Å². The first-order valence-electron chi connectivity index (χ1n) is 9.59. The Morgan fingerprint density at radius 2 is 1.60 bits per heavy atom. The van der Waals surface area contributed by atoms with Crippen LogP contribution >= 0.6 is 11.3 Å². The van der Waals surface area contributed by atoms with E-state index in [0.717, 1.165) is 16.0 Å². The first kappa shape index (κ1) is 18.5. The number of aryl methyl sites for hydroxylation is 3. The zero-order valence-electron chi connectivity index (χ0n) is 16.7. The summed E-state index contributed by atoms with van der Waals surface area (Å²) in [6.45, 7) is 5.76. The van der Waals surface area contributed by atoms with E-state index in [0.29, 0.717) is 32.1 Å². The summed E-state index contributed by atoms with van der Waals surface area (Å²) in [6, 6.07) is 14.3. The summed E-state index contributed by atoms with van der Waals surface area (Å²) in [5.41, 5.74) is 2.43. The van der Waals surface area contributed by atoms with Gasteiger partial charge in [-0.05, 0) is 32.4 Å². The van der Waals surface area contributed by atoms with Crippen molar-refractivity contribution in [2.45, 2.75) is 20.8 Å². The van der Waals surface area contributed by atoms with E-state index in [-0.39, 0.29) is 22.5 Å². The van der Waals surface area contributed by atoms with Gasteiger partial charge in [0, 0.05) is 21.2 Å². The minimum Gasteiger partial charge on any atom is -0.307 e. The van der Waals surface area contributed by atoms with Crippen LogP contribution in [0.1, 0.15) is 31.9 Å². The number of aromatic nitrogens is 2. The van der Waals surface area contributed by atoms with Gasteiger partial charge < -0.3 is 4.98 Å². The van der Waals surface area contributed by atoms with E-state index < -0.39 is 0 Å². The Labute approximate surface area is 175 Å². The van der Waals surface area contributed by atoms with Crippen molar-refractivity contribution in [2.24, 2.45) is 0 Å². The predicted octanol–water partition coefficient (Wildman–Crippen LogP) is 4.51. The number of rotatable bonds is 2. The van der Waals surface area contributed by atoms with Gasteiger partial charge >= 0.3 is 0 Å². The molecule has 3 heterocycles. The van der Waals surface area contributed by atoms with E-state index >= 15 is 0 Å². The smallest absolute Gasteiger partial charge is 0.265 e. The van der Waals surface area contributed by atoms with Gasteiger partial charge in [0.1, 0.15) is 10.5 Å². The van der Waals surface area contributed by atoms with Crippen molar-refractivity contribution in [3.05, 3.63) is 96.4 Å². The van der Waals surface area contributed by atoms with Gasteiger partial charge in [0.25, 0.3) is 11.1 Å². The standard InChI is InChI=1S/C24H18N2O3S/c1-12-8-10-15(11-9-12)20(27)19-16-6-4-5-7-17(16)23(29)26-21(19)25-22(28)18-13(2)14(3)30-24(18)26/h4-11H,1-3H3,(H,25,28). The number of ketones is 1. The number of nitrogens with one attached hydrogen (secondary N) is 1. The van der Waals surface area contributed by atoms with Crippen molar-refractivity contribution in [3.8, 4) is 0 Å². The van der Waals surface area contributed by atoms with Gasteiger partial charge in [-0.25, -0.2) is 0 Å². The molecule has 1 N–H and O–H groups in total. The average molecular weight is 414 g/mol. The Kier molecular flexibility index (Phi) is 4.01. The van der Waals surface area contributed by atoms with Crippen LogP contribution in [0.4, 0.5) is 0 Å². The average Bonchev–Trinajstić information content (AvgIpc) is 3.03. The highest BCUT2D eigenvalue weighted by atomic mass is 32.1. The molecule has 5 rings (SSSR count). The van der Waals surface area contributed by atoms with Crippen molar-refractivity contribution in [2.75, 3.05) is 0 Å². The highest BCUT2D eigenvalue weighted by Crippen LogP contribution is 2.30. The fraction of sp³-hybridized carbons (Fsp3) is 0.125. The Bertz CT molecular complexity index is 1620. The van der Waals surface area contributed by atoms with Gasteiger partial charge in [0.05, 0.1) is 10.9 Å². The molecule has 0 fully saturated rings. The molecule has 148 valence electrons. The second kappa shape index (κ2) is 6.50. The molecule has 0 atom stereocenters. The topological polar surface area (TPSA) is 71.4 Å². The Balaban J connectivity index is 2.03. The molecule has 0 unspecified atom stereocenters. The molecule has 5 nitrogen and oxygen atoms in total. The lowest BCUT2D eigenvalue weighted by Gasteiger charge is -2.12. The molecule has 0 aliphatic heterocycles. The minimum absolute atomic E-state index is 0.233. The van der Waals surface area contributed by atoms with Crippen LogP contribution in [0.2, 0.25) is 0 Å². The lowest BCUT2D eigenvalue weighted by molar-refractivity contribution is 0.104. The van der Waals surface area contributed by atoms with Gasteiger partial charge in [-0.1, -0.05) is 48.0 Å². The summed E-state index contributed by atoms with van der Waals surface area (Å²) >= 11 is 1.39. The summed E-state index contributed by atoms with van der Waals surface area (Å²) < 4.78 is 1.49. The zero-order valence-corrected chi connectivity index (χ0v) is 17.5. The van der Waals surface area contributed by atoms with E-state index in [1.807, 2.05) is 32.9 Å². The lowest BCUT2D eigenvalue weighted by atomic mass is 9.98. The van der Waals surface area contributed by atoms with E-state index in [2.05, 4.69) is 4.98 Å². The number of fused-ring (bicyclic) bond motifs is 4. The first-order valence-corrected chi connectivity index (χ1v) is 10.4. The van der Waals surface area contributed by atoms with Crippen LogP contribution in [-0.4, -0.2) is 15.2 Å². The normalized spacial score (nSPS) is 11.6.